The van der Waals surface area contributed by atoms with E-state index in [-0.39, 0.29) is 43.4 Å². The molecule has 4 rings (SSSR count). The van der Waals surface area contributed by atoms with Gasteiger partial charge in [0, 0.05) is 47.5 Å². The van der Waals surface area contributed by atoms with Crippen LogP contribution in [0.1, 0.15) is 36.2 Å². The van der Waals surface area contributed by atoms with Gasteiger partial charge >= 0.3 is 6.09 Å². The SMILES string of the molecule is C[C@@H]1Cc2c([nH]c3ccccc23)[C@@H](c2c(F)cc(N(C)CCOC(=O)NCCCF)cc2F)N1CC(F)F. The molecule has 0 spiro atoms. The van der Waals surface area contributed by atoms with E-state index in [0.29, 0.717) is 12.1 Å². The van der Waals surface area contributed by atoms with E-state index in [9.17, 15) is 18.0 Å². The van der Waals surface area contributed by atoms with Gasteiger partial charge in [-0.15, -0.1) is 0 Å². The molecule has 11 heteroatoms. The second-order valence-electron chi connectivity index (χ2n) is 9.46. The molecule has 2 N–H and O–H groups in total. The molecule has 1 aromatic heterocycles. The number of fused-ring (bicyclic) bond motifs is 3. The largest absolute Gasteiger partial charge is 0.448 e. The highest BCUT2D eigenvalue weighted by atomic mass is 19.3. The molecular weight excluding hydrogens is 507 g/mol. The molecule has 38 heavy (non-hydrogen) atoms. The molecule has 0 radical (unpaired) electrons. The number of alkyl halides is 3. The fraction of sp³-hybridized carbons (Fsp3) is 0.444. The van der Waals surface area contributed by atoms with Crippen molar-refractivity contribution < 1.29 is 31.5 Å². The maximum atomic E-state index is 15.6. The lowest BCUT2D eigenvalue weighted by atomic mass is 9.88. The molecule has 6 nitrogen and oxygen atoms in total. The average Bonchev–Trinajstić information content (AvgIpc) is 3.23. The summed E-state index contributed by atoms with van der Waals surface area (Å²) in [6.07, 6.45) is -2.75. The minimum atomic E-state index is -2.68. The van der Waals surface area contributed by atoms with Gasteiger partial charge < -0.3 is 19.9 Å². The lowest BCUT2D eigenvalue weighted by molar-refractivity contribution is 0.0438. The number of nitrogens with one attached hydrogen (secondary N) is 2. The number of anilines is 1. The van der Waals surface area contributed by atoms with Crippen molar-refractivity contribution in [3.05, 3.63) is 64.9 Å². The van der Waals surface area contributed by atoms with Gasteiger partial charge in [-0.1, -0.05) is 18.2 Å². The second-order valence-corrected chi connectivity index (χ2v) is 9.46. The normalized spacial score (nSPS) is 17.6. The highest BCUT2D eigenvalue weighted by Crippen LogP contribution is 2.43. The summed E-state index contributed by atoms with van der Waals surface area (Å²) in [4.78, 5) is 17.8. The highest BCUT2D eigenvalue weighted by molar-refractivity contribution is 5.85. The second kappa shape index (κ2) is 12.0. The van der Waals surface area contributed by atoms with Crippen LogP contribution >= 0.6 is 0 Å². The number of amides is 1. The Morgan fingerprint density at radius 2 is 1.95 bits per heavy atom. The van der Waals surface area contributed by atoms with E-state index in [0.717, 1.165) is 28.6 Å². The number of nitrogens with zero attached hydrogens (tertiary/aromatic N) is 2. The maximum Gasteiger partial charge on any atom is 0.407 e. The van der Waals surface area contributed by atoms with Crippen LogP contribution in [0.5, 0.6) is 0 Å². The summed E-state index contributed by atoms with van der Waals surface area (Å²) in [6, 6.07) is 8.32. The number of carbonyl (C=O) groups excluding carboxylic acids is 1. The number of halogens is 5. The van der Waals surface area contributed by atoms with Gasteiger partial charge in [-0.25, -0.2) is 22.4 Å². The van der Waals surface area contributed by atoms with Gasteiger partial charge in [0.25, 0.3) is 6.43 Å². The lowest BCUT2D eigenvalue weighted by Gasteiger charge is -2.41. The molecular formula is C27H31F5N4O2. The van der Waals surface area contributed by atoms with Crippen molar-refractivity contribution in [2.24, 2.45) is 0 Å². The number of rotatable bonds is 10. The van der Waals surface area contributed by atoms with E-state index in [1.807, 2.05) is 24.3 Å². The van der Waals surface area contributed by atoms with Gasteiger partial charge in [0.15, 0.2) is 0 Å². The maximum absolute atomic E-state index is 15.6. The van der Waals surface area contributed by atoms with Gasteiger partial charge in [0.05, 0.1) is 25.8 Å². The molecule has 0 saturated heterocycles. The van der Waals surface area contributed by atoms with Gasteiger partial charge in [0.2, 0.25) is 0 Å². The van der Waals surface area contributed by atoms with E-state index in [4.69, 9.17) is 4.74 Å². The molecule has 0 saturated carbocycles. The average molecular weight is 539 g/mol. The molecule has 0 fully saturated rings. The van der Waals surface area contributed by atoms with Crippen LogP contribution in [0.2, 0.25) is 0 Å². The lowest BCUT2D eigenvalue weighted by Crippen LogP contribution is -2.45. The third kappa shape index (κ3) is 5.87. The van der Waals surface area contributed by atoms with Crippen LogP contribution in [0.15, 0.2) is 36.4 Å². The Kier molecular flexibility index (Phi) is 8.76. The third-order valence-corrected chi connectivity index (χ3v) is 6.88. The first-order chi connectivity index (χ1) is 18.2. The Morgan fingerprint density at radius 1 is 1.24 bits per heavy atom. The highest BCUT2D eigenvalue weighted by Gasteiger charge is 2.39. The molecule has 0 bridgehead atoms. The van der Waals surface area contributed by atoms with E-state index >= 15 is 8.78 Å². The number of ether oxygens (including phenoxy) is 1. The molecule has 206 valence electrons. The Hall–Kier alpha value is -3.34. The number of aromatic amines is 1. The van der Waals surface area contributed by atoms with Crippen LogP contribution in [-0.4, -0.2) is 68.4 Å². The number of alkyl carbamates (subject to hydrolysis) is 1. The third-order valence-electron chi connectivity index (χ3n) is 6.88. The van der Waals surface area contributed by atoms with E-state index in [1.54, 1.807) is 14.0 Å². The quantitative estimate of drug-likeness (QED) is 0.262. The monoisotopic (exact) mass is 538 g/mol. The number of carbonyl (C=O) groups is 1. The topological polar surface area (TPSA) is 60.6 Å². The van der Waals surface area contributed by atoms with Gasteiger partial charge in [0.1, 0.15) is 18.2 Å². The zero-order chi connectivity index (χ0) is 27.4. The predicted molar refractivity (Wildman–Crippen MR) is 136 cm³/mol. The fourth-order valence-corrected chi connectivity index (χ4v) is 5.03. The molecule has 1 aliphatic rings. The van der Waals surface area contributed by atoms with Crippen molar-refractivity contribution in [1.82, 2.24) is 15.2 Å². The van der Waals surface area contributed by atoms with Gasteiger partial charge in [-0.3, -0.25) is 9.29 Å². The smallest absolute Gasteiger partial charge is 0.407 e. The Morgan fingerprint density at radius 3 is 2.63 bits per heavy atom. The molecule has 1 amide bonds. The molecule has 2 aromatic carbocycles. The number of benzene rings is 2. The van der Waals surface area contributed by atoms with Gasteiger partial charge in [-0.2, -0.15) is 0 Å². The molecule has 3 aromatic rings. The van der Waals surface area contributed by atoms with Gasteiger partial charge in [-0.05, 0) is 43.5 Å². The van der Waals surface area contributed by atoms with Crippen molar-refractivity contribution in [2.45, 2.75) is 38.3 Å². The zero-order valence-electron chi connectivity index (χ0n) is 21.2. The van der Waals surface area contributed by atoms with E-state index in [2.05, 4.69) is 10.3 Å². The molecule has 1 aliphatic heterocycles. The van der Waals surface area contributed by atoms with Crippen molar-refractivity contribution in [1.29, 1.82) is 0 Å². The summed E-state index contributed by atoms with van der Waals surface area (Å²) in [5, 5.41) is 3.30. The minimum absolute atomic E-state index is 0.0658. The Labute approximate surface area is 217 Å². The van der Waals surface area contributed by atoms with Crippen LogP contribution in [-0.2, 0) is 11.2 Å². The first kappa shape index (κ1) is 27.7. The van der Waals surface area contributed by atoms with Crippen LogP contribution in [0, 0.1) is 11.6 Å². The van der Waals surface area contributed by atoms with Crippen LogP contribution in [0.4, 0.5) is 32.4 Å². The number of hydrogen-bond acceptors (Lipinski definition) is 4. The number of para-hydroxylation sites is 1. The first-order valence-corrected chi connectivity index (χ1v) is 12.5. The number of aromatic nitrogens is 1. The minimum Gasteiger partial charge on any atom is -0.448 e. The summed E-state index contributed by atoms with van der Waals surface area (Å²) in [7, 11) is 1.58. The molecule has 2 atom stereocenters. The van der Waals surface area contributed by atoms with Crippen molar-refractivity contribution >= 4 is 22.7 Å². The Balaban J connectivity index is 1.61. The molecule has 2 heterocycles. The predicted octanol–water partition coefficient (Wildman–Crippen LogP) is 5.57. The summed E-state index contributed by atoms with van der Waals surface area (Å²) >= 11 is 0. The number of H-pyrrole nitrogens is 1. The van der Waals surface area contributed by atoms with Crippen molar-refractivity contribution in [3.63, 3.8) is 0 Å². The summed E-state index contributed by atoms with van der Waals surface area (Å²) in [5.74, 6) is -1.72. The standard InChI is InChI=1S/C27H31F5N4O2/c1-16-12-19-18-6-3-4-7-22(18)34-25(19)26(36(16)15-23(31)32)24-20(29)13-17(14-21(24)30)35(2)10-11-38-27(37)33-9-5-8-28/h3-4,6-7,13-14,16,23,26,34H,5,8-12,15H2,1-2H3,(H,33,37)/t16-,26-/m1/s1. The summed E-state index contributed by atoms with van der Waals surface area (Å²) < 4.78 is 75.6. The van der Waals surface area contributed by atoms with E-state index < -0.39 is 43.4 Å². The van der Waals surface area contributed by atoms with Crippen molar-refractivity contribution in [3.8, 4) is 0 Å². The fourth-order valence-electron chi connectivity index (χ4n) is 5.03. The molecule has 0 unspecified atom stereocenters. The molecule has 0 aliphatic carbocycles. The Bertz CT molecular complexity index is 1240. The van der Waals surface area contributed by atoms with E-state index in [1.165, 1.54) is 9.80 Å². The number of hydrogen-bond donors (Lipinski definition) is 2. The summed E-state index contributed by atoms with van der Waals surface area (Å²) in [6.45, 7) is 0.807. The first-order valence-electron chi connectivity index (χ1n) is 12.5. The number of likely N-dealkylation sites (N-methyl/N-ethyl adjacent to an activating group) is 1. The van der Waals surface area contributed by atoms with Crippen LogP contribution in [0.3, 0.4) is 0 Å². The zero-order valence-corrected chi connectivity index (χ0v) is 21.2. The van der Waals surface area contributed by atoms with Crippen LogP contribution in [0.25, 0.3) is 10.9 Å². The van der Waals surface area contributed by atoms with Crippen molar-refractivity contribution in [2.75, 3.05) is 44.9 Å². The van der Waals surface area contributed by atoms with Crippen LogP contribution < -0.4 is 10.2 Å². The summed E-state index contributed by atoms with van der Waals surface area (Å²) in [5.41, 5.74) is 2.05.